The number of carbonyl (C=O) groups is 2. The van der Waals surface area contributed by atoms with Crippen molar-refractivity contribution >= 4 is 23.3 Å². The van der Waals surface area contributed by atoms with E-state index >= 15 is 0 Å². The van der Waals surface area contributed by atoms with E-state index in [0.29, 0.717) is 40.0 Å². The maximum absolute atomic E-state index is 12.9. The predicted octanol–water partition coefficient (Wildman–Crippen LogP) is 4.71. The van der Waals surface area contributed by atoms with Gasteiger partial charge in [-0.3, -0.25) is 14.2 Å². The number of hydrogen-bond donors (Lipinski definition) is 1. The molecule has 31 heavy (non-hydrogen) atoms. The molecule has 1 N–H and O–H groups in total. The number of hydrogen-bond acceptors (Lipinski definition) is 6. The second-order valence-corrected chi connectivity index (χ2v) is 8.17. The van der Waals surface area contributed by atoms with Crippen LogP contribution in [0.15, 0.2) is 58.3 Å². The molecule has 0 atom stereocenters. The molecule has 4 aromatic rings. The van der Waals surface area contributed by atoms with Crippen LogP contribution in [0.5, 0.6) is 0 Å². The van der Waals surface area contributed by atoms with E-state index in [1.807, 2.05) is 47.0 Å². The molecule has 0 aliphatic carbocycles. The number of aromatic amines is 1. The zero-order valence-electron chi connectivity index (χ0n) is 17.5. The molecule has 158 valence electrons. The highest BCUT2D eigenvalue weighted by Gasteiger charge is 2.22. The van der Waals surface area contributed by atoms with Gasteiger partial charge in [0.2, 0.25) is 0 Å². The molecule has 4 rings (SSSR count). The lowest BCUT2D eigenvalue weighted by molar-refractivity contribution is 0.101. The summed E-state index contributed by atoms with van der Waals surface area (Å²) in [5.74, 6) is 1.50. The first-order chi connectivity index (χ1) is 15.0. The van der Waals surface area contributed by atoms with Gasteiger partial charge in [0.1, 0.15) is 5.76 Å². The van der Waals surface area contributed by atoms with E-state index in [4.69, 9.17) is 4.42 Å². The lowest BCUT2D eigenvalue weighted by Crippen LogP contribution is -2.08. The zero-order chi connectivity index (χ0) is 22.0. The standard InChI is InChI=1S/C23H22N4O3S/c1-14-20(16(3)28)15(2)24-21(14)19(29)13-31-23-26-25-22(17-8-5-4-6-9-17)27(23)12-18-10-7-11-30-18/h4-11,24H,12-13H2,1-3H3. The zero-order valence-corrected chi connectivity index (χ0v) is 18.3. The molecule has 0 amide bonds. The minimum absolute atomic E-state index is 0.0522. The lowest BCUT2D eigenvalue weighted by atomic mass is 10.1. The largest absolute Gasteiger partial charge is 0.467 e. The van der Waals surface area contributed by atoms with Crippen LogP contribution in [0.3, 0.4) is 0 Å². The van der Waals surface area contributed by atoms with Crippen LogP contribution in [0.1, 0.15) is 44.8 Å². The number of nitrogens with one attached hydrogen (secondary N) is 1. The van der Waals surface area contributed by atoms with Crippen molar-refractivity contribution in [3.05, 3.63) is 77.0 Å². The van der Waals surface area contributed by atoms with Gasteiger partial charge in [0.25, 0.3) is 0 Å². The van der Waals surface area contributed by atoms with E-state index in [0.717, 1.165) is 11.3 Å². The van der Waals surface area contributed by atoms with Crippen LogP contribution in [-0.2, 0) is 6.54 Å². The Kier molecular flexibility index (Phi) is 5.90. The highest BCUT2D eigenvalue weighted by Crippen LogP contribution is 2.27. The van der Waals surface area contributed by atoms with Crippen molar-refractivity contribution < 1.29 is 14.0 Å². The van der Waals surface area contributed by atoms with E-state index in [9.17, 15) is 9.59 Å². The SMILES string of the molecule is CC(=O)c1c(C)[nH]c(C(=O)CSc2nnc(-c3ccccc3)n2Cc2ccco2)c1C. The first-order valence-electron chi connectivity index (χ1n) is 9.82. The van der Waals surface area contributed by atoms with Crippen LogP contribution >= 0.6 is 11.8 Å². The van der Waals surface area contributed by atoms with E-state index in [-0.39, 0.29) is 17.3 Å². The molecule has 3 aromatic heterocycles. The van der Waals surface area contributed by atoms with Crippen molar-refractivity contribution in [2.24, 2.45) is 0 Å². The molecule has 0 aliphatic heterocycles. The molecule has 0 radical (unpaired) electrons. The number of benzene rings is 1. The molecule has 0 aliphatic rings. The van der Waals surface area contributed by atoms with Crippen molar-refractivity contribution in [1.29, 1.82) is 0 Å². The predicted molar refractivity (Wildman–Crippen MR) is 119 cm³/mol. The molecule has 0 saturated heterocycles. The van der Waals surface area contributed by atoms with Gasteiger partial charge in [-0.15, -0.1) is 10.2 Å². The Morgan fingerprint density at radius 2 is 1.87 bits per heavy atom. The minimum atomic E-state index is -0.0908. The number of thioether (sulfide) groups is 1. The quantitative estimate of drug-likeness (QED) is 0.319. The lowest BCUT2D eigenvalue weighted by Gasteiger charge is -2.08. The van der Waals surface area contributed by atoms with Gasteiger partial charge in [-0.2, -0.15) is 0 Å². The number of nitrogens with zero attached hydrogens (tertiary/aromatic N) is 3. The fourth-order valence-electron chi connectivity index (χ4n) is 3.66. The number of carbonyl (C=O) groups excluding carboxylic acids is 2. The van der Waals surface area contributed by atoms with Gasteiger partial charge in [-0.25, -0.2) is 0 Å². The van der Waals surface area contributed by atoms with E-state index in [1.54, 1.807) is 20.1 Å². The Balaban J connectivity index is 1.60. The van der Waals surface area contributed by atoms with Gasteiger partial charge in [-0.1, -0.05) is 42.1 Å². The minimum Gasteiger partial charge on any atom is -0.467 e. The topological polar surface area (TPSA) is 93.8 Å². The summed E-state index contributed by atoms with van der Waals surface area (Å²) < 4.78 is 7.46. The first kappa shape index (κ1) is 20.9. The number of furan rings is 1. The highest BCUT2D eigenvalue weighted by molar-refractivity contribution is 7.99. The van der Waals surface area contributed by atoms with Crippen LogP contribution in [0.4, 0.5) is 0 Å². The molecular formula is C23H22N4O3S. The first-order valence-corrected chi connectivity index (χ1v) is 10.8. The van der Waals surface area contributed by atoms with Gasteiger partial charge in [0, 0.05) is 16.8 Å². The molecule has 8 heteroatoms. The molecule has 0 bridgehead atoms. The van der Waals surface area contributed by atoms with Crippen molar-refractivity contribution in [2.45, 2.75) is 32.5 Å². The van der Waals surface area contributed by atoms with E-state index in [1.165, 1.54) is 18.7 Å². The number of rotatable bonds is 8. The monoisotopic (exact) mass is 434 g/mol. The fourth-order valence-corrected chi connectivity index (χ4v) is 4.47. The molecule has 0 unspecified atom stereocenters. The van der Waals surface area contributed by atoms with Crippen molar-refractivity contribution in [2.75, 3.05) is 5.75 Å². The Hall–Kier alpha value is -3.39. The Morgan fingerprint density at radius 3 is 2.52 bits per heavy atom. The van der Waals surface area contributed by atoms with Gasteiger partial charge >= 0.3 is 0 Å². The van der Waals surface area contributed by atoms with Crippen molar-refractivity contribution in [1.82, 2.24) is 19.7 Å². The summed E-state index contributed by atoms with van der Waals surface area (Å²) >= 11 is 1.31. The Bertz CT molecular complexity index is 1220. The number of aryl methyl sites for hydroxylation is 1. The van der Waals surface area contributed by atoms with Crippen LogP contribution in [-0.4, -0.2) is 37.1 Å². The van der Waals surface area contributed by atoms with Gasteiger partial charge in [0.15, 0.2) is 22.5 Å². The summed E-state index contributed by atoms with van der Waals surface area (Å²) in [6.07, 6.45) is 1.63. The summed E-state index contributed by atoms with van der Waals surface area (Å²) in [7, 11) is 0. The maximum atomic E-state index is 12.9. The molecule has 0 saturated carbocycles. The van der Waals surface area contributed by atoms with E-state index in [2.05, 4.69) is 15.2 Å². The summed E-state index contributed by atoms with van der Waals surface area (Å²) in [5, 5.41) is 9.31. The molecule has 0 spiro atoms. The number of Topliss-reactive ketones (excluding diaryl/α,β-unsaturated/α-hetero) is 2. The molecule has 0 fully saturated rings. The second kappa shape index (κ2) is 8.77. The third kappa shape index (κ3) is 4.25. The molecule has 3 heterocycles. The normalized spacial score (nSPS) is 11.1. The summed E-state index contributed by atoms with van der Waals surface area (Å²) in [5.41, 5.74) is 3.39. The average Bonchev–Trinajstić information content (AvgIpc) is 3.47. The number of aromatic nitrogens is 4. The van der Waals surface area contributed by atoms with Crippen LogP contribution in [0.25, 0.3) is 11.4 Å². The Labute approximate surface area is 183 Å². The number of H-pyrrole nitrogens is 1. The number of ketones is 2. The third-order valence-electron chi connectivity index (χ3n) is 5.04. The summed E-state index contributed by atoms with van der Waals surface area (Å²) in [6, 6.07) is 13.5. The average molecular weight is 435 g/mol. The molecule has 7 nitrogen and oxygen atoms in total. The fraction of sp³-hybridized carbons (Fsp3) is 0.217. The second-order valence-electron chi connectivity index (χ2n) is 7.23. The van der Waals surface area contributed by atoms with Crippen LogP contribution < -0.4 is 0 Å². The highest BCUT2D eigenvalue weighted by atomic mass is 32.2. The van der Waals surface area contributed by atoms with E-state index < -0.39 is 0 Å². The summed E-state index contributed by atoms with van der Waals surface area (Å²) in [6.45, 7) is 5.56. The molecular weight excluding hydrogens is 412 g/mol. The van der Waals surface area contributed by atoms with Gasteiger partial charge < -0.3 is 9.40 Å². The van der Waals surface area contributed by atoms with Crippen LogP contribution in [0, 0.1) is 13.8 Å². The van der Waals surface area contributed by atoms with Gasteiger partial charge in [-0.05, 0) is 38.5 Å². The molecule has 1 aromatic carbocycles. The maximum Gasteiger partial charge on any atom is 0.192 e. The Morgan fingerprint density at radius 1 is 1.10 bits per heavy atom. The van der Waals surface area contributed by atoms with Crippen LogP contribution in [0.2, 0.25) is 0 Å². The van der Waals surface area contributed by atoms with Crippen molar-refractivity contribution in [3.63, 3.8) is 0 Å². The summed E-state index contributed by atoms with van der Waals surface area (Å²) in [4.78, 5) is 27.8. The van der Waals surface area contributed by atoms with Crippen molar-refractivity contribution in [3.8, 4) is 11.4 Å². The van der Waals surface area contributed by atoms with Gasteiger partial charge in [0.05, 0.1) is 24.3 Å². The smallest absolute Gasteiger partial charge is 0.192 e. The third-order valence-corrected chi connectivity index (χ3v) is 6.01.